The maximum absolute atomic E-state index is 11.6. The number of hydrazine groups is 1. The van der Waals surface area contributed by atoms with Crippen molar-refractivity contribution in [2.75, 3.05) is 6.61 Å². The molecule has 1 amide bonds. The van der Waals surface area contributed by atoms with Gasteiger partial charge in [0.05, 0.1) is 12.0 Å². The topological polar surface area (TPSA) is 61.4 Å². The molecule has 1 aromatic carbocycles. The molecule has 0 bridgehead atoms. The lowest BCUT2D eigenvalue weighted by atomic mass is 9.90. The summed E-state index contributed by atoms with van der Waals surface area (Å²) < 4.78 is 0. The van der Waals surface area contributed by atoms with E-state index < -0.39 is 0 Å². The van der Waals surface area contributed by atoms with Crippen molar-refractivity contribution >= 4 is 5.91 Å². The number of amides is 1. The van der Waals surface area contributed by atoms with Crippen molar-refractivity contribution in [2.24, 2.45) is 5.92 Å². The number of nitrogens with one attached hydrogen (secondary N) is 2. The highest BCUT2D eigenvalue weighted by molar-refractivity contribution is 5.81. The fourth-order valence-corrected chi connectivity index (χ4v) is 2.44. The van der Waals surface area contributed by atoms with Gasteiger partial charge in [-0.3, -0.25) is 10.2 Å². The van der Waals surface area contributed by atoms with E-state index >= 15 is 0 Å². The summed E-state index contributed by atoms with van der Waals surface area (Å²) in [5.41, 5.74) is 9.11. The van der Waals surface area contributed by atoms with Crippen LogP contribution in [0, 0.1) is 19.8 Å². The van der Waals surface area contributed by atoms with Gasteiger partial charge in [-0.2, -0.15) is 0 Å². The van der Waals surface area contributed by atoms with Crippen LogP contribution in [0.3, 0.4) is 0 Å². The number of benzene rings is 1. The number of carbonyl (C=O) groups is 1. The molecule has 0 saturated carbocycles. The molecule has 0 aliphatic carbocycles. The number of aliphatic hydroxyl groups is 1. The summed E-state index contributed by atoms with van der Waals surface area (Å²) in [5, 5.41) is 9.01. The van der Waals surface area contributed by atoms with Crippen LogP contribution in [-0.2, 0) is 4.79 Å². The molecule has 2 unspecified atom stereocenters. The maximum atomic E-state index is 11.6. The average Bonchev–Trinajstić information content (AvgIpc) is 2.60. The van der Waals surface area contributed by atoms with E-state index in [4.69, 9.17) is 5.11 Å². The molecule has 2 rings (SSSR count). The normalized spacial score (nSPS) is 23.8. The molecule has 3 N–H and O–H groups in total. The second-order valence-electron chi connectivity index (χ2n) is 4.65. The van der Waals surface area contributed by atoms with Crippen LogP contribution in [0.2, 0.25) is 0 Å². The predicted octanol–water partition coefficient (Wildman–Crippen LogP) is 0.978. The van der Waals surface area contributed by atoms with Crippen LogP contribution in [0.4, 0.5) is 0 Å². The van der Waals surface area contributed by atoms with Crippen LogP contribution in [0.25, 0.3) is 0 Å². The van der Waals surface area contributed by atoms with Crippen molar-refractivity contribution in [2.45, 2.75) is 26.3 Å². The number of hydrogen-bond acceptors (Lipinski definition) is 3. The standard InChI is InChI=1S/C13H18N2O2/c1-8-5-9(2)7-10(6-8)12-11(3-4-16)13(17)15-14-12/h5-7,11-12,14,16H,3-4H2,1-2H3,(H,15,17). The van der Waals surface area contributed by atoms with Gasteiger partial charge < -0.3 is 5.11 Å². The summed E-state index contributed by atoms with van der Waals surface area (Å²) in [7, 11) is 0. The van der Waals surface area contributed by atoms with E-state index in [0.717, 1.165) is 5.56 Å². The minimum Gasteiger partial charge on any atom is -0.396 e. The molecule has 0 spiro atoms. The summed E-state index contributed by atoms with van der Waals surface area (Å²) in [4.78, 5) is 11.6. The molecule has 2 atom stereocenters. The Balaban J connectivity index is 2.29. The molecular weight excluding hydrogens is 216 g/mol. The number of rotatable bonds is 3. The van der Waals surface area contributed by atoms with Gasteiger partial charge in [0.15, 0.2) is 0 Å². The molecule has 4 nitrogen and oxygen atoms in total. The molecule has 1 heterocycles. The van der Waals surface area contributed by atoms with Crippen molar-refractivity contribution in [3.05, 3.63) is 34.9 Å². The number of aryl methyl sites for hydroxylation is 2. The first-order valence-corrected chi connectivity index (χ1v) is 5.86. The van der Waals surface area contributed by atoms with Gasteiger partial charge >= 0.3 is 0 Å². The van der Waals surface area contributed by atoms with Gasteiger partial charge in [-0.05, 0) is 25.8 Å². The van der Waals surface area contributed by atoms with Gasteiger partial charge in [-0.1, -0.05) is 29.3 Å². The largest absolute Gasteiger partial charge is 0.396 e. The first-order chi connectivity index (χ1) is 8.11. The Hall–Kier alpha value is -1.39. The molecular formula is C13H18N2O2. The van der Waals surface area contributed by atoms with Crippen molar-refractivity contribution in [3.8, 4) is 0 Å². The number of aliphatic hydroxyl groups excluding tert-OH is 1. The summed E-state index contributed by atoms with van der Waals surface area (Å²) in [5.74, 6) is -0.232. The van der Waals surface area contributed by atoms with Gasteiger partial charge in [0.25, 0.3) is 0 Å². The van der Waals surface area contributed by atoms with Crippen LogP contribution in [0.1, 0.15) is 29.2 Å². The Morgan fingerprint density at radius 2 is 1.88 bits per heavy atom. The zero-order chi connectivity index (χ0) is 12.4. The molecule has 92 valence electrons. The molecule has 1 aliphatic heterocycles. The van der Waals surface area contributed by atoms with Gasteiger partial charge in [0.2, 0.25) is 5.91 Å². The number of hydrogen-bond donors (Lipinski definition) is 3. The zero-order valence-electron chi connectivity index (χ0n) is 10.2. The highest BCUT2D eigenvalue weighted by atomic mass is 16.3. The maximum Gasteiger partial charge on any atom is 0.239 e. The van der Waals surface area contributed by atoms with Crippen molar-refractivity contribution in [1.82, 2.24) is 10.9 Å². The van der Waals surface area contributed by atoms with Crippen LogP contribution in [0.15, 0.2) is 18.2 Å². The zero-order valence-corrected chi connectivity index (χ0v) is 10.2. The van der Waals surface area contributed by atoms with Crippen molar-refractivity contribution < 1.29 is 9.90 Å². The van der Waals surface area contributed by atoms with Crippen molar-refractivity contribution in [3.63, 3.8) is 0 Å². The van der Waals surface area contributed by atoms with Gasteiger partial charge in [-0.15, -0.1) is 0 Å². The van der Waals surface area contributed by atoms with E-state index in [-0.39, 0.29) is 24.5 Å². The summed E-state index contributed by atoms with van der Waals surface area (Å²) in [6.07, 6.45) is 0.483. The quantitative estimate of drug-likeness (QED) is 0.730. The molecule has 1 aliphatic rings. The predicted molar refractivity (Wildman–Crippen MR) is 65.1 cm³/mol. The van der Waals surface area contributed by atoms with E-state index in [1.165, 1.54) is 11.1 Å². The first-order valence-electron chi connectivity index (χ1n) is 5.86. The van der Waals surface area contributed by atoms with E-state index in [1.807, 2.05) is 13.8 Å². The Morgan fingerprint density at radius 1 is 1.24 bits per heavy atom. The first kappa shape index (κ1) is 12.1. The Bertz CT molecular complexity index is 411. The summed E-state index contributed by atoms with van der Waals surface area (Å²) in [6.45, 7) is 4.12. The lowest BCUT2D eigenvalue weighted by Crippen LogP contribution is -2.27. The van der Waals surface area contributed by atoms with Crippen LogP contribution in [0.5, 0.6) is 0 Å². The van der Waals surface area contributed by atoms with Crippen LogP contribution in [-0.4, -0.2) is 17.6 Å². The van der Waals surface area contributed by atoms with Gasteiger partial charge in [0, 0.05) is 6.61 Å². The fourth-order valence-electron chi connectivity index (χ4n) is 2.44. The Morgan fingerprint density at radius 3 is 2.47 bits per heavy atom. The molecule has 4 heteroatoms. The molecule has 0 aromatic heterocycles. The Kier molecular flexibility index (Phi) is 3.45. The third kappa shape index (κ3) is 2.48. The molecule has 1 aromatic rings. The third-order valence-electron chi connectivity index (χ3n) is 3.13. The monoisotopic (exact) mass is 234 g/mol. The van der Waals surface area contributed by atoms with Gasteiger partial charge in [-0.25, -0.2) is 5.43 Å². The Labute approximate surface area is 101 Å². The van der Waals surface area contributed by atoms with E-state index in [9.17, 15) is 4.79 Å². The van der Waals surface area contributed by atoms with Gasteiger partial charge in [0.1, 0.15) is 0 Å². The lowest BCUT2D eigenvalue weighted by Gasteiger charge is -2.17. The summed E-state index contributed by atoms with van der Waals surface area (Å²) >= 11 is 0. The summed E-state index contributed by atoms with van der Waals surface area (Å²) in [6, 6.07) is 6.22. The van der Waals surface area contributed by atoms with Crippen molar-refractivity contribution in [1.29, 1.82) is 0 Å². The molecule has 17 heavy (non-hydrogen) atoms. The SMILES string of the molecule is Cc1cc(C)cc(C2NNC(=O)C2CCO)c1. The number of carbonyl (C=O) groups excluding carboxylic acids is 1. The van der Waals surface area contributed by atoms with Crippen LogP contribution < -0.4 is 10.9 Å². The molecule has 1 saturated heterocycles. The highest BCUT2D eigenvalue weighted by Crippen LogP contribution is 2.29. The molecule has 0 radical (unpaired) electrons. The smallest absolute Gasteiger partial charge is 0.239 e. The molecule has 1 fully saturated rings. The highest BCUT2D eigenvalue weighted by Gasteiger charge is 2.35. The second kappa shape index (κ2) is 4.85. The van der Waals surface area contributed by atoms with Crippen LogP contribution >= 0.6 is 0 Å². The third-order valence-corrected chi connectivity index (χ3v) is 3.13. The average molecular weight is 234 g/mol. The minimum atomic E-state index is -0.193. The lowest BCUT2D eigenvalue weighted by molar-refractivity contribution is -0.123. The van der Waals surface area contributed by atoms with E-state index in [2.05, 4.69) is 29.1 Å². The van der Waals surface area contributed by atoms with E-state index in [1.54, 1.807) is 0 Å². The second-order valence-corrected chi connectivity index (χ2v) is 4.65. The minimum absolute atomic E-state index is 0.0288. The fraction of sp³-hybridized carbons (Fsp3) is 0.462. The van der Waals surface area contributed by atoms with E-state index in [0.29, 0.717) is 6.42 Å².